The Hall–Kier alpha value is -1.16. The molecule has 0 unspecified atom stereocenters. The molecule has 1 fully saturated rings. The molecule has 0 aliphatic heterocycles. The quantitative estimate of drug-likeness (QED) is 0.752. The molecule has 82 valence electrons. The van der Waals surface area contributed by atoms with Gasteiger partial charge in [-0.25, -0.2) is 8.78 Å². The van der Waals surface area contributed by atoms with Crippen molar-refractivity contribution in [3.63, 3.8) is 0 Å². The average molecular weight is 213 g/mol. The summed E-state index contributed by atoms with van der Waals surface area (Å²) in [6, 6.07) is 1.80. The second kappa shape index (κ2) is 3.45. The second-order valence-electron chi connectivity index (χ2n) is 4.15. The Morgan fingerprint density at radius 3 is 2.33 bits per heavy atom. The highest BCUT2D eigenvalue weighted by Crippen LogP contribution is 2.38. The van der Waals surface area contributed by atoms with Crippen molar-refractivity contribution in [1.29, 1.82) is 0 Å². The Bertz CT molecular complexity index is 386. The number of hydrogen-bond donors (Lipinski definition) is 2. The van der Waals surface area contributed by atoms with Gasteiger partial charge in [0.1, 0.15) is 5.82 Å². The highest BCUT2D eigenvalue weighted by Gasteiger charge is 2.34. The van der Waals surface area contributed by atoms with E-state index in [4.69, 9.17) is 10.8 Å². The van der Waals surface area contributed by atoms with Crippen molar-refractivity contribution in [2.45, 2.75) is 31.2 Å². The zero-order valence-electron chi connectivity index (χ0n) is 8.26. The van der Waals surface area contributed by atoms with Gasteiger partial charge in [-0.2, -0.15) is 0 Å². The zero-order chi connectivity index (χ0) is 11.1. The van der Waals surface area contributed by atoms with Gasteiger partial charge >= 0.3 is 0 Å². The molecule has 0 amide bonds. The SMILES string of the molecule is NC1(c2cc(F)c(O)cc2F)CCCC1. The molecule has 4 heteroatoms. The molecule has 1 saturated carbocycles. The number of benzene rings is 1. The van der Waals surface area contributed by atoms with Crippen LogP contribution >= 0.6 is 0 Å². The normalized spacial score (nSPS) is 19.4. The molecule has 0 bridgehead atoms. The van der Waals surface area contributed by atoms with Gasteiger partial charge in [-0.15, -0.1) is 0 Å². The monoisotopic (exact) mass is 213 g/mol. The standard InChI is InChI=1S/C11H13F2NO/c12-8-6-10(15)9(13)5-7(8)11(14)3-1-2-4-11/h5-6,15H,1-4,14H2. The van der Waals surface area contributed by atoms with E-state index in [0.717, 1.165) is 25.0 Å². The first-order chi connectivity index (χ1) is 7.03. The van der Waals surface area contributed by atoms with Crippen molar-refractivity contribution in [3.8, 4) is 5.75 Å². The Balaban J connectivity index is 2.48. The predicted molar refractivity (Wildman–Crippen MR) is 52.4 cm³/mol. The zero-order valence-corrected chi connectivity index (χ0v) is 8.26. The van der Waals surface area contributed by atoms with Gasteiger partial charge in [0.2, 0.25) is 0 Å². The summed E-state index contributed by atoms with van der Waals surface area (Å²) >= 11 is 0. The van der Waals surface area contributed by atoms with Gasteiger partial charge in [-0.1, -0.05) is 12.8 Å². The maximum atomic E-state index is 13.5. The highest BCUT2D eigenvalue weighted by atomic mass is 19.1. The van der Waals surface area contributed by atoms with Crippen molar-refractivity contribution in [2.75, 3.05) is 0 Å². The topological polar surface area (TPSA) is 46.2 Å². The molecule has 1 aliphatic rings. The third-order valence-electron chi connectivity index (χ3n) is 3.07. The van der Waals surface area contributed by atoms with E-state index in [2.05, 4.69) is 0 Å². The summed E-state index contributed by atoms with van der Waals surface area (Å²) in [6.07, 6.45) is 3.18. The van der Waals surface area contributed by atoms with Crippen LogP contribution in [0.3, 0.4) is 0 Å². The fraction of sp³-hybridized carbons (Fsp3) is 0.455. The molecule has 1 aromatic carbocycles. The smallest absolute Gasteiger partial charge is 0.165 e. The molecule has 0 atom stereocenters. The van der Waals surface area contributed by atoms with E-state index in [1.54, 1.807) is 0 Å². The van der Waals surface area contributed by atoms with E-state index < -0.39 is 22.9 Å². The number of phenolic OH excluding ortho intramolecular Hbond substituents is 1. The predicted octanol–water partition coefficient (Wildman–Crippen LogP) is 2.40. The maximum absolute atomic E-state index is 13.5. The maximum Gasteiger partial charge on any atom is 0.165 e. The lowest BCUT2D eigenvalue weighted by molar-refractivity contribution is 0.402. The van der Waals surface area contributed by atoms with Crippen LogP contribution in [0.4, 0.5) is 8.78 Å². The molecule has 3 N–H and O–H groups in total. The Kier molecular flexibility index (Phi) is 2.38. The Morgan fingerprint density at radius 2 is 1.73 bits per heavy atom. The molecule has 1 aromatic rings. The van der Waals surface area contributed by atoms with Crippen LogP contribution in [0.15, 0.2) is 12.1 Å². The molecule has 2 rings (SSSR count). The minimum absolute atomic E-state index is 0.176. The number of phenols is 1. The first-order valence-electron chi connectivity index (χ1n) is 5.00. The van der Waals surface area contributed by atoms with Crippen LogP contribution in [0.5, 0.6) is 5.75 Å². The van der Waals surface area contributed by atoms with Crippen molar-refractivity contribution in [3.05, 3.63) is 29.3 Å². The summed E-state index contributed by atoms with van der Waals surface area (Å²) in [5, 5.41) is 9.00. The van der Waals surface area contributed by atoms with Crippen molar-refractivity contribution >= 4 is 0 Å². The summed E-state index contributed by atoms with van der Waals surface area (Å²) in [6.45, 7) is 0. The molecule has 0 heterocycles. The van der Waals surface area contributed by atoms with Gasteiger partial charge in [0.25, 0.3) is 0 Å². The Labute approximate surface area is 86.7 Å². The van der Waals surface area contributed by atoms with Crippen LogP contribution in [0.1, 0.15) is 31.2 Å². The minimum atomic E-state index is -0.817. The fourth-order valence-corrected chi connectivity index (χ4v) is 2.19. The summed E-state index contributed by atoms with van der Waals surface area (Å²) in [4.78, 5) is 0. The average Bonchev–Trinajstić information content (AvgIpc) is 2.60. The molecule has 0 aromatic heterocycles. The fourth-order valence-electron chi connectivity index (χ4n) is 2.19. The third-order valence-corrected chi connectivity index (χ3v) is 3.07. The molecular weight excluding hydrogens is 200 g/mol. The largest absolute Gasteiger partial charge is 0.505 e. The van der Waals surface area contributed by atoms with Crippen LogP contribution in [0, 0.1) is 11.6 Å². The van der Waals surface area contributed by atoms with Crippen LogP contribution in [0.2, 0.25) is 0 Å². The number of halogens is 2. The van der Waals surface area contributed by atoms with Crippen LogP contribution < -0.4 is 5.73 Å². The summed E-state index contributed by atoms with van der Waals surface area (Å²) < 4.78 is 26.6. The van der Waals surface area contributed by atoms with Crippen molar-refractivity contribution < 1.29 is 13.9 Å². The molecule has 1 aliphatic carbocycles. The molecule has 15 heavy (non-hydrogen) atoms. The van der Waals surface area contributed by atoms with Gasteiger partial charge < -0.3 is 10.8 Å². The lowest BCUT2D eigenvalue weighted by Gasteiger charge is -2.24. The minimum Gasteiger partial charge on any atom is -0.505 e. The van der Waals surface area contributed by atoms with Crippen LogP contribution in [-0.4, -0.2) is 5.11 Å². The van der Waals surface area contributed by atoms with Crippen molar-refractivity contribution in [1.82, 2.24) is 0 Å². The van der Waals surface area contributed by atoms with Gasteiger partial charge in [0, 0.05) is 17.2 Å². The van der Waals surface area contributed by atoms with Crippen LogP contribution in [0.25, 0.3) is 0 Å². The lowest BCUT2D eigenvalue weighted by atomic mass is 9.89. The van der Waals surface area contributed by atoms with Gasteiger partial charge in [0.15, 0.2) is 11.6 Å². The number of hydrogen-bond acceptors (Lipinski definition) is 2. The highest BCUT2D eigenvalue weighted by molar-refractivity contribution is 5.34. The first-order valence-corrected chi connectivity index (χ1v) is 5.00. The lowest BCUT2D eigenvalue weighted by Crippen LogP contribution is -2.34. The van der Waals surface area contributed by atoms with E-state index in [1.165, 1.54) is 0 Å². The molecule has 2 nitrogen and oxygen atoms in total. The van der Waals surface area contributed by atoms with Crippen LogP contribution in [-0.2, 0) is 5.54 Å². The molecular formula is C11H13F2NO. The number of nitrogens with two attached hydrogens (primary N) is 1. The molecule has 0 spiro atoms. The number of rotatable bonds is 1. The second-order valence-corrected chi connectivity index (χ2v) is 4.15. The third kappa shape index (κ3) is 1.69. The van der Waals surface area contributed by atoms with Gasteiger partial charge in [-0.3, -0.25) is 0 Å². The van der Waals surface area contributed by atoms with E-state index in [1.807, 2.05) is 0 Å². The van der Waals surface area contributed by atoms with Gasteiger partial charge in [0.05, 0.1) is 0 Å². The molecule has 0 saturated heterocycles. The first kappa shape index (κ1) is 10.4. The summed E-state index contributed by atoms with van der Waals surface area (Å²) in [5.74, 6) is -2.11. The van der Waals surface area contributed by atoms with Gasteiger partial charge in [-0.05, 0) is 18.9 Å². The summed E-state index contributed by atoms with van der Waals surface area (Å²) in [5.41, 5.74) is 5.42. The van der Waals surface area contributed by atoms with E-state index >= 15 is 0 Å². The van der Waals surface area contributed by atoms with E-state index in [9.17, 15) is 8.78 Å². The van der Waals surface area contributed by atoms with Crippen molar-refractivity contribution in [2.24, 2.45) is 5.73 Å². The van der Waals surface area contributed by atoms with E-state index in [0.29, 0.717) is 12.8 Å². The Morgan fingerprint density at radius 1 is 1.13 bits per heavy atom. The van der Waals surface area contributed by atoms with E-state index in [-0.39, 0.29) is 5.56 Å². The summed E-state index contributed by atoms with van der Waals surface area (Å²) in [7, 11) is 0. The number of aromatic hydroxyl groups is 1. The molecule has 0 radical (unpaired) electrons.